The van der Waals surface area contributed by atoms with Gasteiger partial charge in [0.05, 0.1) is 18.4 Å². The summed E-state index contributed by atoms with van der Waals surface area (Å²) in [6, 6.07) is 19.6. The van der Waals surface area contributed by atoms with Gasteiger partial charge < -0.3 is 25.6 Å². The third-order valence-corrected chi connectivity index (χ3v) is 5.32. The van der Waals surface area contributed by atoms with Crippen LogP contribution in [0.2, 0.25) is 0 Å². The highest BCUT2D eigenvalue weighted by atomic mass is 16.5. The Hall–Kier alpha value is -4.92. The van der Waals surface area contributed by atoms with Crippen molar-refractivity contribution in [3.8, 4) is 17.2 Å². The molecule has 9 heteroatoms. The summed E-state index contributed by atoms with van der Waals surface area (Å²) in [6.07, 6.45) is 0. The topological polar surface area (TPSA) is 133 Å². The molecule has 4 aromatic rings. The SMILES string of the molecule is CNC(=O)c1ccc(OC)c(N=Nc2c(O)c(C(=O)Nc3ccccc3O)cc3ccccc23)c1. The Bertz CT molecular complexity index is 1470. The summed E-state index contributed by atoms with van der Waals surface area (Å²) in [5.74, 6) is -1.06. The van der Waals surface area contributed by atoms with Gasteiger partial charge in [-0.05, 0) is 41.8 Å². The lowest BCUT2D eigenvalue weighted by molar-refractivity contribution is 0.0962. The molecule has 0 atom stereocenters. The molecule has 0 aromatic heterocycles. The van der Waals surface area contributed by atoms with Crippen LogP contribution in [-0.4, -0.2) is 36.2 Å². The monoisotopic (exact) mass is 470 g/mol. The molecule has 0 bridgehead atoms. The number of anilines is 1. The van der Waals surface area contributed by atoms with Crippen molar-refractivity contribution in [3.63, 3.8) is 0 Å². The summed E-state index contributed by atoms with van der Waals surface area (Å²) >= 11 is 0. The van der Waals surface area contributed by atoms with Gasteiger partial charge in [0.25, 0.3) is 11.8 Å². The first kappa shape index (κ1) is 23.2. The lowest BCUT2D eigenvalue weighted by Gasteiger charge is -2.12. The van der Waals surface area contributed by atoms with Crippen LogP contribution in [-0.2, 0) is 0 Å². The number of para-hydroxylation sites is 2. The summed E-state index contributed by atoms with van der Waals surface area (Å²) in [4.78, 5) is 25.0. The predicted molar refractivity (Wildman–Crippen MR) is 132 cm³/mol. The zero-order valence-electron chi connectivity index (χ0n) is 18.9. The molecular weight excluding hydrogens is 448 g/mol. The fraction of sp³-hybridized carbons (Fsp3) is 0.0769. The van der Waals surface area contributed by atoms with Crippen molar-refractivity contribution in [1.82, 2.24) is 5.32 Å². The van der Waals surface area contributed by atoms with E-state index in [-0.39, 0.29) is 40.0 Å². The van der Waals surface area contributed by atoms with E-state index in [1.807, 2.05) is 0 Å². The molecule has 0 saturated carbocycles. The van der Waals surface area contributed by atoms with E-state index in [4.69, 9.17) is 4.74 Å². The van der Waals surface area contributed by atoms with E-state index in [1.54, 1.807) is 48.5 Å². The van der Waals surface area contributed by atoms with Gasteiger partial charge in [-0.25, -0.2) is 0 Å². The van der Waals surface area contributed by atoms with Gasteiger partial charge in [-0.1, -0.05) is 36.4 Å². The molecule has 4 N–H and O–H groups in total. The Labute approximate surface area is 200 Å². The van der Waals surface area contributed by atoms with Crippen molar-refractivity contribution in [1.29, 1.82) is 0 Å². The zero-order chi connectivity index (χ0) is 24.9. The quantitative estimate of drug-likeness (QED) is 0.225. The number of ether oxygens (including phenoxy) is 1. The van der Waals surface area contributed by atoms with Crippen molar-refractivity contribution >= 4 is 39.6 Å². The first-order valence-corrected chi connectivity index (χ1v) is 10.6. The van der Waals surface area contributed by atoms with Crippen LogP contribution >= 0.6 is 0 Å². The smallest absolute Gasteiger partial charge is 0.259 e. The first-order chi connectivity index (χ1) is 16.9. The Kier molecular flexibility index (Phi) is 6.59. The number of benzene rings is 4. The molecule has 0 fully saturated rings. The third-order valence-electron chi connectivity index (χ3n) is 5.32. The van der Waals surface area contributed by atoms with Crippen LogP contribution in [0.4, 0.5) is 17.1 Å². The largest absolute Gasteiger partial charge is 0.506 e. The van der Waals surface area contributed by atoms with Gasteiger partial charge >= 0.3 is 0 Å². The maximum atomic E-state index is 13.0. The standard InChI is InChI=1S/C26H22N4O5/c1-27-25(33)16-11-12-22(35-2)20(14-16)29-30-23-17-8-4-3-7-15(17)13-18(24(23)32)26(34)28-19-9-5-6-10-21(19)31/h3-14,31-32H,1-2H3,(H,27,33)(H,28,34). The van der Waals surface area contributed by atoms with Crippen LogP contribution in [0.25, 0.3) is 10.8 Å². The fourth-order valence-electron chi connectivity index (χ4n) is 3.52. The average molecular weight is 470 g/mol. The van der Waals surface area contributed by atoms with Gasteiger partial charge in [0.1, 0.15) is 22.9 Å². The number of carbonyl (C=O) groups is 2. The van der Waals surface area contributed by atoms with E-state index in [9.17, 15) is 19.8 Å². The maximum Gasteiger partial charge on any atom is 0.259 e. The molecule has 4 aromatic carbocycles. The number of aromatic hydroxyl groups is 2. The Morgan fingerprint density at radius 2 is 1.63 bits per heavy atom. The molecule has 176 valence electrons. The Balaban J connectivity index is 1.80. The minimum Gasteiger partial charge on any atom is -0.506 e. The number of amides is 2. The van der Waals surface area contributed by atoms with Crippen LogP contribution in [0, 0.1) is 0 Å². The molecule has 0 spiro atoms. The van der Waals surface area contributed by atoms with E-state index in [1.165, 1.54) is 38.4 Å². The van der Waals surface area contributed by atoms with E-state index < -0.39 is 5.91 Å². The number of hydrogen-bond donors (Lipinski definition) is 4. The molecule has 4 rings (SSSR count). The van der Waals surface area contributed by atoms with E-state index >= 15 is 0 Å². The van der Waals surface area contributed by atoms with Gasteiger partial charge in [0.2, 0.25) is 0 Å². The number of hydrogen-bond acceptors (Lipinski definition) is 7. The lowest BCUT2D eigenvalue weighted by Crippen LogP contribution is -2.17. The summed E-state index contributed by atoms with van der Waals surface area (Å²) in [7, 11) is 2.98. The van der Waals surface area contributed by atoms with E-state index in [0.29, 0.717) is 22.1 Å². The minimum atomic E-state index is -0.634. The van der Waals surface area contributed by atoms with Crippen LogP contribution in [0.1, 0.15) is 20.7 Å². The number of rotatable bonds is 6. The molecule has 9 nitrogen and oxygen atoms in total. The number of nitrogens with one attached hydrogen (secondary N) is 2. The zero-order valence-corrected chi connectivity index (χ0v) is 18.9. The van der Waals surface area contributed by atoms with Crippen molar-refractivity contribution in [3.05, 3.63) is 83.9 Å². The third kappa shape index (κ3) is 4.74. The van der Waals surface area contributed by atoms with E-state index in [0.717, 1.165) is 0 Å². The van der Waals surface area contributed by atoms with Gasteiger partial charge in [-0.3, -0.25) is 9.59 Å². The number of phenolic OH excluding ortho intramolecular Hbond substituents is 2. The van der Waals surface area contributed by atoms with Gasteiger partial charge in [-0.15, -0.1) is 10.2 Å². The number of fused-ring (bicyclic) bond motifs is 1. The Morgan fingerprint density at radius 3 is 2.37 bits per heavy atom. The second-order valence-corrected chi connectivity index (χ2v) is 7.48. The van der Waals surface area contributed by atoms with Crippen molar-refractivity contribution in [2.45, 2.75) is 0 Å². The molecule has 0 heterocycles. The number of azo groups is 1. The fourth-order valence-corrected chi connectivity index (χ4v) is 3.52. The normalized spacial score (nSPS) is 10.9. The predicted octanol–water partition coefficient (Wildman–Crippen LogP) is 5.29. The Morgan fingerprint density at radius 1 is 0.886 bits per heavy atom. The summed E-state index contributed by atoms with van der Waals surface area (Å²) in [5, 5.41) is 35.8. The number of carbonyl (C=O) groups excluding carboxylic acids is 2. The molecule has 0 aliphatic heterocycles. The highest BCUT2D eigenvalue weighted by Crippen LogP contribution is 2.40. The van der Waals surface area contributed by atoms with E-state index in [2.05, 4.69) is 20.9 Å². The van der Waals surface area contributed by atoms with Crippen molar-refractivity contribution in [2.24, 2.45) is 10.2 Å². The van der Waals surface area contributed by atoms with Crippen molar-refractivity contribution in [2.75, 3.05) is 19.5 Å². The highest BCUT2D eigenvalue weighted by Gasteiger charge is 2.19. The average Bonchev–Trinajstić information content (AvgIpc) is 2.88. The van der Waals surface area contributed by atoms with Crippen LogP contribution < -0.4 is 15.4 Å². The molecule has 0 radical (unpaired) electrons. The summed E-state index contributed by atoms with van der Waals surface area (Å²) < 4.78 is 5.32. The first-order valence-electron chi connectivity index (χ1n) is 10.6. The molecule has 0 unspecified atom stereocenters. The van der Waals surface area contributed by atoms with Crippen LogP contribution in [0.15, 0.2) is 83.0 Å². The molecule has 0 saturated heterocycles. The summed E-state index contributed by atoms with van der Waals surface area (Å²) in [6.45, 7) is 0. The number of phenols is 2. The lowest BCUT2D eigenvalue weighted by atomic mass is 10.0. The van der Waals surface area contributed by atoms with Crippen LogP contribution in [0.5, 0.6) is 17.2 Å². The minimum absolute atomic E-state index is 0.0491. The number of nitrogens with zero attached hydrogens (tertiary/aromatic N) is 2. The molecule has 2 amide bonds. The summed E-state index contributed by atoms with van der Waals surface area (Å²) in [5.41, 5.74) is 0.835. The van der Waals surface area contributed by atoms with Gasteiger partial charge in [-0.2, -0.15) is 0 Å². The second kappa shape index (κ2) is 9.92. The molecule has 35 heavy (non-hydrogen) atoms. The molecular formula is C26H22N4O5. The van der Waals surface area contributed by atoms with Gasteiger partial charge in [0.15, 0.2) is 5.75 Å². The number of methoxy groups -OCH3 is 1. The highest BCUT2D eigenvalue weighted by molar-refractivity contribution is 6.12. The molecule has 0 aliphatic rings. The maximum absolute atomic E-state index is 13.0. The van der Waals surface area contributed by atoms with Crippen molar-refractivity contribution < 1.29 is 24.5 Å². The molecule has 0 aliphatic carbocycles. The van der Waals surface area contributed by atoms with Crippen LogP contribution in [0.3, 0.4) is 0 Å². The second-order valence-electron chi connectivity index (χ2n) is 7.48. The van der Waals surface area contributed by atoms with Gasteiger partial charge in [0, 0.05) is 18.0 Å².